The predicted octanol–water partition coefficient (Wildman–Crippen LogP) is 4.62. The normalized spacial score (nSPS) is 11.3. The first-order valence-corrected chi connectivity index (χ1v) is 6.19. The maximum atomic E-state index is 5.59. The number of hydrogen-bond donors (Lipinski definition) is 0. The third-order valence-corrected chi connectivity index (χ3v) is 3.19. The maximum Gasteiger partial charge on any atom is 0.134 e. The van der Waals surface area contributed by atoms with Crippen molar-refractivity contribution in [3.8, 4) is 11.3 Å². The summed E-state index contributed by atoms with van der Waals surface area (Å²) in [5.74, 6) is 1.33. The molecule has 0 aliphatic heterocycles. The topological polar surface area (TPSA) is 26.0 Å². The Balaban J connectivity index is 2.40. The Kier molecular flexibility index (Phi) is 2.63. The van der Waals surface area contributed by atoms with Crippen molar-refractivity contribution in [2.24, 2.45) is 0 Å². The highest BCUT2D eigenvalue weighted by Gasteiger charge is 2.15. The van der Waals surface area contributed by atoms with Gasteiger partial charge in [0.1, 0.15) is 5.76 Å². The molecule has 0 unspecified atom stereocenters. The number of benzene rings is 1. The van der Waals surface area contributed by atoms with Gasteiger partial charge in [0.05, 0.1) is 11.8 Å². The Hall–Kier alpha value is -2.09. The van der Waals surface area contributed by atoms with Crippen LogP contribution in [-0.4, -0.2) is 4.98 Å². The Morgan fingerprint density at radius 2 is 1.89 bits per heavy atom. The van der Waals surface area contributed by atoms with E-state index in [1.165, 1.54) is 11.1 Å². The molecule has 2 nitrogen and oxygen atoms in total. The molecule has 0 aliphatic carbocycles. The number of aromatic nitrogens is 1. The van der Waals surface area contributed by atoms with Gasteiger partial charge in [-0.3, -0.25) is 4.98 Å². The van der Waals surface area contributed by atoms with Crippen molar-refractivity contribution in [3.63, 3.8) is 0 Å². The van der Waals surface area contributed by atoms with Crippen LogP contribution >= 0.6 is 0 Å². The number of hydrogen-bond acceptors (Lipinski definition) is 2. The van der Waals surface area contributed by atoms with E-state index in [2.05, 4.69) is 24.9 Å². The number of fused-ring (bicyclic) bond motifs is 1. The van der Waals surface area contributed by atoms with Crippen molar-refractivity contribution in [2.75, 3.05) is 0 Å². The van der Waals surface area contributed by atoms with Crippen LogP contribution < -0.4 is 0 Å². The third kappa shape index (κ3) is 1.70. The van der Waals surface area contributed by atoms with Gasteiger partial charge in [-0.25, -0.2) is 0 Å². The lowest BCUT2D eigenvalue weighted by Crippen LogP contribution is -1.95. The van der Waals surface area contributed by atoms with E-state index in [0.29, 0.717) is 5.92 Å². The zero-order chi connectivity index (χ0) is 12.5. The van der Waals surface area contributed by atoms with Crippen LogP contribution in [0.2, 0.25) is 0 Å². The van der Waals surface area contributed by atoms with E-state index in [0.717, 1.165) is 16.7 Å². The average molecular weight is 237 g/mol. The summed E-state index contributed by atoms with van der Waals surface area (Å²) in [7, 11) is 0. The van der Waals surface area contributed by atoms with Crippen LogP contribution in [0.3, 0.4) is 0 Å². The fraction of sp³-hybridized carbons (Fsp3) is 0.188. The lowest BCUT2D eigenvalue weighted by molar-refractivity contribution is 0.581. The van der Waals surface area contributed by atoms with Gasteiger partial charge >= 0.3 is 0 Å². The molecule has 0 amide bonds. The monoisotopic (exact) mass is 237 g/mol. The molecule has 0 aliphatic rings. The van der Waals surface area contributed by atoms with Gasteiger partial charge in [-0.15, -0.1) is 0 Å². The highest BCUT2D eigenvalue weighted by molar-refractivity contribution is 5.94. The summed E-state index contributed by atoms with van der Waals surface area (Å²) in [5, 5.41) is 1.15. The molecular formula is C16H15NO. The Morgan fingerprint density at radius 3 is 2.61 bits per heavy atom. The first-order valence-electron chi connectivity index (χ1n) is 6.19. The van der Waals surface area contributed by atoms with E-state index >= 15 is 0 Å². The van der Waals surface area contributed by atoms with Crippen LogP contribution in [0.1, 0.15) is 25.3 Å². The smallest absolute Gasteiger partial charge is 0.134 e. The minimum atomic E-state index is 0.419. The fourth-order valence-corrected chi connectivity index (χ4v) is 2.29. The van der Waals surface area contributed by atoms with Crippen molar-refractivity contribution in [3.05, 3.63) is 54.4 Å². The minimum Gasteiger partial charge on any atom is -0.464 e. The fourth-order valence-electron chi connectivity index (χ4n) is 2.29. The van der Waals surface area contributed by atoms with E-state index in [9.17, 15) is 0 Å². The zero-order valence-electron chi connectivity index (χ0n) is 10.6. The third-order valence-electron chi connectivity index (χ3n) is 3.19. The van der Waals surface area contributed by atoms with Crippen LogP contribution in [0.4, 0.5) is 0 Å². The Bertz CT molecular complexity index is 669. The molecule has 2 aromatic heterocycles. The molecule has 90 valence electrons. The Labute approximate surface area is 106 Å². The highest BCUT2D eigenvalue weighted by Crippen LogP contribution is 2.34. The predicted molar refractivity (Wildman–Crippen MR) is 73.5 cm³/mol. The van der Waals surface area contributed by atoms with Gasteiger partial charge < -0.3 is 4.42 Å². The molecule has 0 spiro atoms. The number of nitrogens with zero attached hydrogens (tertiary/aromatic N) is 1. The summed E-state index contributed by atoms with van der Waals surface area (Å²) in [6, 6.07) is 12.1. The second-order valence-electron chi connectivity index (χ2n) is 4.74. The molecule has 3 aromatic rings. The lowest BCUT2D eigenvalue weighted by Gasteiger charge is -2.13. The quantitative estimate of drug-likeness (QED) is 0.650. The van der Waals surface area contributed by atoms with Crippen LogP contribution in [0.15, 0.2) is 53.3 Å². The molecule has 0 saturated heterocycles. The number of furan rings is 1. The largest absolute Gasteiger partial charge is 0.464 e. The first kappa shape index (κ1) is 11.0. The summed E-state index contributed by atoms with van der Waals surface area (Å²) >= 11 is 0. The van der Waals surface area contributed by atoms with Gasteiger partial charge in [0.15, 0.2) is 0 Å². The summed E-state index contributed by atoms with van der Waals surface area (Å²) < 4.78 is 5.59. The van der Waals surface area contributed by atoms with Crippen LogP contribution in [0, 0.1) is 0 Å². The molecule has 0 N–H and O–H groups in total. The van der Waals surface area contributed by atoms with Crippen LogP contribution in [0.5, 0.6) is 0 Å². The van der Waals surface area contributed by atoms with Crippen LogP contribution in [0.25, 0.3) is 22.2 Å². The molecule has 0 fully saturated rings. The van der Waals surface area contributed by atoms with Crippen molar-refractivity contribution in [1.82, 2.24) is 4.98 Å². The van der Waals surface area contributed by atoms with Gasteiger partial charge in [0.2, 0.25) is 0 Å². The molecule has 3 rings (SSSR count). The molecule has 0 bridgehead atoms. The van der Waals surface area contributed by atoms with Gasteiger partial charge in [-0.1, -0.05) is 32.0 Å². The van der Waals surface area contributed by atoms with Gasteiger partial charge in [0, 0.05) is 17.1 Å². The van der Waals surface area contributed by atoms with Crippen molar-refractivity contribution >= 4 is 10.9 Å². The second-order valence-corrected chi connectivity index (χ2v) is 4.74. The molecule has 2 heterocycles. The van der Waals surface area contributed by atoms with E-state index in [1.807, 2.05) is 36.5 Å². The molecular weight excluding hydrogens is 222 g/mol. The maximum absolute atomic E-state index is 5.59. The van der Waals surface area contributed by atoms with Crippen LogP contribution in [-0.2, 0) is 0 Å². The molecule has 0 saturated carbocycles. The summed E-state index contributed by atoms with van der Waals surface area (Å²) in [4.78, 5) is 4.53. The zero-order valence-corrected chi connectivity index (χ0v) is 10.6. The molecule has 1 aromatic carbocycles. The molecule has 18 heavy (non-hydrogen) atoms. The summed E-state index contributed by atoms with van der Waals surface area (Å²) in [6.07, 6.45) is 3.68. The second kappa shape index (κ2) is 4.30. The van der Waals surface area contributed by atoms with Crippen molar-refractivity contribution in [2.45, 2.75) is 19.8 Å². The standard InChI is InChI=1S/C16H15NO/c1-11(2)13-10-17-14-7-4-3-6-12(14)16(13)15-8-5-9-18-15/h3-11H,1-2H3. The van der Waals surface area contributed by atoms with Crippen molar-refractivity contribution in [1.29, 1.82) is 0 Å². The molecule has 0 atom stereocenters. The van der Waals surface area contributed by atoms with E-state index in [1.54, 1.807) is 6.26 Å². The van der Waals surface area contributed by atoms with E-state index in [-0.39, 0.29) is 0 Å². The van der Waals surface area contributed by atoms with Gasteiger partial charge in [0.25, 0.3) is 0 Å². The average Bonchev–Trinajstić information content (AvgIpc) is 2.90. The van der Waals surface area contributed by atoms with Gasteiger partial charge in [-0.05, 0) is 29.7 Å². The number of rotatable bonds is 2. The summed E-state index contributed by atoms with van der Waals surface area (Å²) in [5.41, 5.74) is 3.40. The van der Waals surface area contributed by atoms with E-state index in [4.69, 9.17) is 4.42 Å². The molecule has 2 heteroatoms. The summed E-state index contributed by atoms with van der Waals surface area (Å²) in [6.45, 7) is 4.36. The Morgan fingerprint density at radius 1 is 1.06 bits per heavy atom. The SMILES string of the molecule is CC(C)c1cnc2ccccc2c1-c1ccco1. The van der Waals surface area contributed by atoms with Crippen molar-refractivity contribution < 1.29 is 4.42 Å². The number of pyridine rings is 1. The highest BCUT2D eigenvalue weighted by atomic mass is 16.3. The minimum absolute atomic E-state index is 0.419. The lowest BCUT2D eigenvalue weighted by atomic mass is 9.94. The van der Waals surface area contributed by atoms with E-state index < -0.39 is 0 Å². The first-order chi connectivity index (χ1) is 8.77. The van der Waals surface area contributed by atoms with Gasteiger partial charge in [-0.2, -0.15) is 0 Å². The molecule has 0 radical (unpaired) electrons. The number of para-hydroxylation sites is 1.